The maximum Gasteiger partial charge on any atom is 0.0632 e. The van der Waals surface area contributed by atoms with E-state index in [9.17, 15) is 0 Å². The Labute approximate surface area is 103 Å². The van der Waals surface area contributed by atoms with Crippen molar-refractivity contribution in [3.63, 3.8) is 0 Å². The first-order valence-electron chi connectivity index (χ1n) is 6.15. The highest BCUT2D eigenvalue weighted by atomic mass is 15.4. The van der Waals surface area contributed by atoms with Crippen molar-refractivity contribution in [1.29, 1.82) is 0 Å². The number of rotatable bonds is 3. The molecule has 2 rings (SSSR count). The molecule has 0 bridgehead atoms. The Balaban J connectivity index is 2.14. The van der Waals surface area contributed by atoms with E-state index < -0.39 is 0 Å². The first-order chi connectivity index (χ1) is 8.18. The predicted molar refractivity (Wildman–Crippen MR) is 73.0 cm³/mol. The largest absolute Gasteiger partial charge is 0.304 e. The SMILES string of the molecule is C=C(c1cccc(C)c1)N(N)C1C=CCCC1. The normalized spacial score (nSPS) is 19.1. The summed E-state index contributed by atoms with van der Waals surface area (Å²) in [4.78, 5) is 0. The van der Waals surface area contributed by atoms with Crippen LogP contribution in [0.2, 0.25) is 0 Å². The zero-order valence-corrected chi connectivity index (χ0v) is 10.4. The van der Waals surface area contributed by atoms with Gasteiger partial charge in [-0.25, -0.2) is 5.84 Å². The predicted octanol–water partition coefficient (Wildman–Crippen LogP) is 3.25. The lowest BCUT2D eigenvalue weighted by Gasteiger charge is -2.30. The fourth-order valence-electron chi connectivity index (χ4n) is 2.20. The van der Waals surface area contributed by atoms with Crippen LogP contribution >= 0.6 is 0 Å². The molecule has 0 aromatic heterocycles. The van der Waals surface area contributed by atoms with E-state index in [2.05, 4.69) is 43.9 Å². The first-order valence-corrected chi connectivity index (χ1v) is 6.15. The molecule has 17 heavy (non-hydrogen) atoms. The molecule has 1 aliphatic carbocycles. The minimum atomic E-state index is 0.289. The molecule has 0 fully saturated rings. The van der Waals surface area contributed by atoms with Crippen LogP contribution in [0.15, 0.2) is 43.0 Å². The smallest absolute Gasteiger partial charge is 0.0632 e. The van der Waals surface area contributed by atoms with Gasteiger partial charge in [0.1, 0.15) is 0 Å². The summed E-state index contributed by atoms with van der Waals surface area (Å²) in [7, 11) is 0. The van der Waals surface area contributed by atoms with Gasteiger partial charge in [-0.3, -0.25) is 0 Å². The van der Waals surface area contributed by atoms with Gasteiger partial charge < -0.3 is 5.01 Å². The van der Waals surface area contributed by atoms with Crippen LogP contribution in [0.3, 0.4) is 0 Å². The van der Waals surface area contributed by atoms with Crippen LogP contribution in [-0.2, 0) is 0 Å². The Morgan fingerprint density at radius 2 is 2.29 bits per heavy atom. The van der Waals surface area contributed by atoms with Crippen molar-refractivity contribution in [1.82, 2.24) is 5.01 Å². The summed E-state index contributed by atoms with van der Waals surface area (Å²) >= 11 is 0. The van der Waals surface area contributed by atoms with Gasteiger partial charge in [-0.2, -0.15) is 0 Å². The molecule has 0 heterocycles. The van der Waals surface area contributed by atoms with Gasteiger partial charge >= 0.3 is 0 Å². The van der Waals surface area contributed by atoms with E-state index in [1.165, 1.54) is 18.4 Å². The van der Waals surface area contributed by atoms with E-state index in [1.807, 2.05) is 6.07 Å². The average molecular weight is 228 g/mol. The molecule has 1 aliphatic rings. The maximum atomic E-state index is 6.16. The van der Waals surface area contributed by atoms with E-state index in [1.54, 1.807) is 5.01 Å². The molecule has 1 aromatic rings. The second-order valence-corrected chi connectivity index (χ2v) is 4.65. The Bertz CT molecular complexity index is 434. The van der Waals surface area contributed by atoms with E-state index in [0.29, 0.717) is 0 Å². The van der Waals surface area contributed by atoms with E-state index in [0.717, 1.165) is 17.7 Å². The molecule has 2 heteroatoms. The molecule has 2 N–H and O–H groups in total. The number of aryl methyl sites for hydroxylation is 1. The second-order valence-electron chi connectivity index (χ2n) is 4.65. The number of allylic oxidation sites excluding steroid dienone is 1. The topological polar surface area (TPSA) is 29.3 Å². The van der Waals surface area contributed by atoms with Gasteiger partial charge in [0.15, 0.2) is 0 Å². The molecular weight excluding hydrogens is 208 g/mol. The molecule has 0 saturated heterocycles. The molecule has 0 spiro atoms. The number of hydrogen-bond donors (Lipinski definition) is 1. The quantitative estimate of drug-likeness (QED) is 0.489. The third-order valence-electron chi connectivity index (χ3n) is 3.25. The van der Waals surface area contributed by atoms with Crippen LogP contribution in [0.5, 0.6) is 0 Å². The van der Waals surface area contributed by atoms with Crippen LogP contribution in [0, 0.1) is 6.92 Å². The number of hydrogen-bond acceptors (Lipinski definition) is 2. The molecule has 1 unspecified atom stereocenters. The molecule has 2 nitrogen and oxygen atoms in total. The first kappa shape index (κ1) is 11.9. The van der Waals surface area contributed by atoms with Gasteiger partial charge in [0.25, 0.3) is 0 Å². The van der Waals surface area contributed by atoms with Crippen molar-refractivity contribution in [2.75, 3.05) is 0 Å². The number of hydrazine groups is 1. The fraction of sp³-hybridized carbons (Fsp3) is 0.333. The molecule has 90 valence electrons. The summed E-state index contributed by atoms with van der Waals surface area (Å²) < 4.78 is 0. The third-order valence-corrected chi connectivity index (χ3v) is 3.25. The lowest BCUT2D eigenvalue weighted by molar-refractivity contribution is 0.324. The van der Waals surface area contributed by atoms with E-state index >= 15 is 0 Å². The van der Waals surface area contributed by atoms with E-state index in [4.69, 9.17) is 5.84 Å². The second kappa shape index (κ2) is 5.19. The lowest BCUT2D eigenvalue weighted by Crippen LogP contribution is -2.38. The summed E-state index contributed by atoms with van der Waals surface area (Å²) in [6.45, 7) is 6.19. The molecule has 1 atom stereocenters. The number of benzene rings is 1. The van der Waals surface area contributed by atoms with Gasteiger partial charge in [0.05, 0.1) is 11.7 Å². The Morgan fingerprint density at radius 3 is 2.94 bits per heavy atom. The summed E-state index contributed by atoms with van der Waals surface area (Å²) in [6, 6.07) is 8.59. The van der Waals surface area contributed by atoms with Crippen LogP contribution in [-0.4, -0.2) is 11.1 Å². The van der Waals surface area contributed by atoms with Gasteiger partial charge in [-0.05, 0) is 37.8 Å². The molecule has 0 aliphatic heterocycles. The summed E-state index contributed by atoms with van der Waals surface area (Å²) in [6.07, 6.45) is 7.87. The van der Waals surface area contributed by atoms with Crippen molar-refractivity contribution in [2.24, 2.45) is 5.84 Å². The van der Waals surface area contributed by atoms with Crippen LogP contribution in [0.4, 0.5) is 0 Å². The maximum absolute atomic E-state index is 6.16. The van der Waals surface area contributed by atoms with Crippen LogP contribution < -0.4 is 5.84 Å². The number of nitrogens with zero attached hydrogens (tertiary/aromatic N) is 1. The molecule has 0 amide bonds. The van der Waals surface area contributed by atoms with Crippen LogP contribution in [0.25, 0.3) is 5.70 Å². The Kier molecular flexibility index (Phi) is 3.64. The van der Waals surface area contributed by atoms with Crippen molar-refractivity contribution >= 4 is 5.70 Å². The highest BCUT2D eigenvalue weighted by Gasteiger charge is 2.16. The third kappa shape index (κ3) is 2.77. The Morgan fingerprint density at radius 1 is 1.47 bits per heavy atom. The zero-order valence-electron chi connectivity index (χ0n) is 10.4. The lowest BCUT2D eigenvalue weighted by atomic mass is 10.0. The minimum Gasteiger partial charge on any atom is -0.304 e. The molecule has 0 radical (unpaired) electrons. The van der Waals surface area contributed by atoms with E-state index in [-0.39, 0.29) is 6.04 Å². The number of nitrogens with two attached hydrogens (primary N) is 1. The van der Waals surface area contributed by atoms with Crippen molar-refractivity contribution in [3.8, 4) is 0 Å². The molecule has 0 saturated carbocycles. The zero-order chi connectivity index (χ0) is 12.3. The molecular formula is C15H20N2. The average Bonchev–Trinajstić information content (AvgIpc) is 2.38. The minimum absolute atomic E-state index is 0.289. The van der Waals surface area contributed by atoms with Crippen molar-refractivity contribution < 1.29 is 0 Å². The summed E-state index contributed by atoms with van der Waals surface area (Å²) in [5.74, 6) is 6.16. The van der Waals surface area contributed by atoms with Crippen molar-refractivity contribution in [3.05, 3.63) is 54.1 Å². The van der Waals surface area contributed by atoms with Gasteiger partial charge in [-0.1, -0.05) is 42.5 Å². The summed E-state index contributed by atoms with van der Waals surface area (Å²) in [5, 5.41) is 1.80. The fourth-order valence-corrected chi connectivity index (χ4v) is 2.20. The van der Waals surface area contributed by atoms with Gasteiger partial charge in [-0.15, -0.1) is 0 Å². The molecule has 1 aromatic carbocycles. The standard InChI is InChI=1S/C15H20N2/c1-12-7-6-8-14(11-12)13(2)17(16)15-9-4-3-5-10-15/h4,6-9,11,15H,2-3,5,10,16H2,1H3. The Hall–Kier alpha value is -1.54. The van der Waals surface area contributed by atoms with Crippen LogP contribution in [0.1, 0.15) is 30.4 Å². The summed E-state index contributed by atoms with van der Waals surface area (Å²) in [5.41, 5.74) is 3.23. The van der Waals surface area contributed by atoms with Crippen molar-refractivity contribution in [2.45, 2.75) is 32.2 Å². The monoisotopic (exact) mass is 228 g/mol. The van der Waals surface area contributed by atoms with Gasteiger partial charge in [0.2, 0.25) is 0 Å². The van der Waals surface area contributed by atoms with Gasteiger partial charge in [0, 0.05) is 0 Å². The highest BCUT2D eigenvalue weighted by molar-refractivity contribution is 5.62. The highest BCUT2D eigenvalue weighted by Crippen LogP contribution is 2.22.